The summed E-state index contributed by atoms with van der Waals surface area (Å²) in [7, 11) is 0. The van der Waals surface area contributed by atoms with E-state index in [2.05, 4.69) is 17.6 Å². The van der Waals surface area contributed by atoms with E-state index in [9.17, 15) is 4.79 Å². The number of carbonyl (C=O) groups is 1. The average molecular weight is 182 g/mol. The molecule has 13 heavy (non-hydrogen) atoms. The van der Waals surface area contributed by atoms with Gasteiger partial charge in [-0.25, -0.2) is 0 Å². The lowest BCUT2D eigenvalue weighted by Crippen LogP contribution is -2.39. The second kappa shape index (κ2) is 3.66. The number of hydrogen-bond acceptors (Lipinski definition) is 2. The first-order valence-corrected chi connectivity index (χ1v) is 5.28. The normalized spacial score (nSPS) is 30.1. The first-order chi connectivity index (χ1) is 6.27. The largest absolute Gasteiger partial charge is 0.353 e. The van der Waals surface area contributed by atoms with Crippen LogP contribution >= 0.6 is 0 Å². The lowest BCUT2D eigenvalue weighted by Gasteiger charge is -2.15. The van der Waals surface area contributed by atoms with Crippen LogP contribution in [0.2, 0.25) is 0 Å². The Kier molecular flexibility index (Phi) is 2.54. The van der Waals surface area contributed by atoms with Crippen LogP contribution in [0.5, 0.6) is 0 Å². The Morgan fingerprint density at radius 2 is 2.23 bits per heavy atom. The minimum absolute atomic E-state index is 0.223. The summed E-state index contributed by atoms with van der Waals surface area (Å²) in [4.78, 5) is 11.6. The maximum atomic E-state index is 11.6. The van der Waals surface area contributed by atoms with Crippen LogP contribution in [0.15, 0.2) is 0 Å². The number of carbonyl (C=O) groups excluding carboxylic acids is 1. The minimum atomic E-state index is 0.223. The van der Waals surface area contributed by atoms with Gasteiger partial charge in [0.15, 0.2) is 0 Å². The summed E-state index contributed by atoms with van der Waals surface area (Å²) in [5.74, 6) is 1.24. The molecule has 1 unspecified atom stereocenters. The average Bonchev–Trinajstić information content (AvgIpc) is 2.81. The van der Waals surface area contributed by atoms with Crippen molar-refractivity contribution < 1.29 is 4.79 Å². The van der Waals surface area contributed by atoms with Crippen molar-refractivity contribution in [2.45, 2.75) is 32.2 Å². The lowest BCUT2D eigenvalue weighted by molar-refractivity contribution is -0.125. The first-order valence-electron chi connectivity index (χ1n) is 5.28. The molecule has 0 spiro atoms. The van der Waals surface area contributed by atoms with Gasteiger partial charge < -0.3 is 10.6 Å². The molecule has 0 radical (unpaired) electrons. The SMILES string of the molecule is CC(NC(=O)[C@@H]1CCNC1)C1CC1. The van der Waals surface area contributed by atoms with Gasteiger partial charge in [-0.2, -0.15) is 0 Å². The Morgan fingerprint density at radius 3 is 2.77 bits per heavy atom. The molecular formula is C10H18N2O. The monoisotopic (exact) mass is 182 g/mol. The van der Waals surface area contributed by atoms with Crippen LogP contribution in [0, 0.1) is 11.8 Å². The summed E-state index contributed by atoms with van der Waals surface area (Å²) < 4.78 is 0. The highest BCUT2D eigenvalue weighted by atomic mass is 16.2. The molecule has 1 amide bonds. The molecule has 1 saturated heterocycles. The smallest absolute Gasteiger partial charge is 0.224 e. The summed E-state index contributed by atoms with van der Waals surface area (Å²) >= 11 is 0. The predicted molar refractivity (Wildman–Crippen MR) is 51.3 cm³/mol. The Morgan fingerprint density at radius 1 is 1.46 bits per heavy atom. The van der Waals surface area contributed by atoms with Gasteiger partial charge in [0.2, 0.25) is 5.91 Å². The molecule has 0 aromatic heterocycles. The van der Waals surface area contributed by atoms with Gasteiger partial charge in [-0.3, -0.25) is 4.79 Å². The van der Waals surface area contributed by atoms with Crippen molar-refractivity contribution in [3.8, 4) is 0 Å². The fourth-order valence-electron chi connectivity index (χ4n) is 1.93. The van der Waals surface area contributed by atoms with Crippen molar-refractivity contribution in [1.29, 1.82) is 0 Å². The van der Waals surface area contributed by atoms with Gasteiger partial charge in [-0.15, -0.1) is 0 Å². The summed E-state index contributed by atoms with van der Waals surface area (Å²) in [6, 6.07) is 0.396. The Hall–Kier alpha value is -0.570. The molecule has 2 rings (SSSR count). The highest BCUT2D eigenvalue weighted by Gasteiger charge is 2.31. The van der Waals surface area contributed by atoms with E-state index in [4.69, 9.17) is 0 Å². The number of hydrogen-bond donors (Lipinski definition) is 2. The maximum absolute atomic E-state index is 11.6. The van der Waals surface area contributed by atoms with Gasteiger partial charge in [0.05, 0.1) is 5.92 Å². The maximum Gasteiger partial charge on any atom is 0.224 e. The van der Waals surface area contributed by atoms with E-state index in [1.807, 2.05) is 0 Å². The van der Waals surface area contributed by atoms with E-state index >= 15 is 0 Å². The van der Waals surface area contributed by atoms with Crippen molar-refractivity contribution in [3.63, 3.8) is 0 Å². The second-order valence-corrected chi connectivity index (χ2v) is 4.32. The second-order valence-electron chi connectivity index (χ2n) is 4.32. The summed E-state index contributed by atoms with van der Waals surface area (Å²) in [6.07, 6.45) is 3.60. The zero-order chi connectivity index (χ0) is 9.26. The molecule has 74 valence electrons. The Balaban J connectivity index is 1.76. The van der Waals surface area contributed by atoms with E-state index in [0.717, 1.165) is 25.4 Å². The molecule has 1 aliphatic heterocycles. The summed E-state index contributed by atoms with van der Waals surface area (Å²) in [6.45, 7) is 3.98. The third-order valence-electron chi connectivity index (χ3n) is 3.13. The van der Waals surface area contributed by atoms with Gasteiger partial charge in [-0.05, 0) is 38.6 Å². The molecule has 0 aromatic rings. The van der Waals surface area contributed by atoms with Crippen LogP contribution in [-0.4, -0.2) is 25.0 Å². The highest BCUT2D eigenvalue weighted by molar-refractivity contribution is 5.79. The first kappa shape index (κ1) is 9.00. The minimum Gasteiger partial charge on any atom is -0.353 e. The van der Waals surface area contributed by atoms with Gasteiger partial charge >= 0.3 is 0 Å². The molecule has 2 aliphatic rings. The zero-order valence-electron chi connectivity index (χ0n) is 8.18. The lowest BCUT2D eigenvalue weighted by atomic mass is 10.1. The Bertz CT molecular complexity index is 195. The van der Waals surface area contributed by atoms with E-state index in [0.29, 0.717) is 6.04 Å². The van der Waals surface area contributed by atoms with Crippen molar-refractivity contribution in [1.82, 2.24) is 10.6 Å². The van der Waals surface area contributed by atoms with Crippen LogP contribution in [-0.2, 0) is 4.79 Å². The molecule has 0 aromatic carbocycles. The number of amides is 1. The van der Waals surface area contributed by atoms with Crippen LogP contribution < -0.4 is 10.6 Å². The third kappa shape index (κ3) is 2.21. The fraction of sp³-hybridized carbons (Fsp3) is 0.900. The number of rotatable bonds is 3. The van der Waals surface area contributed by atoms with Crippen LogP contribution in [0.1, 0.15) is 26.2 Å². The molecule has 1 aliphatic carbocycles. The zero-order valence-corrected chi connectivity index (χ0v) is 8.18. The van der Waals surface area contributed by atoms with Crippen molar-refractivity contribution in [3.05, 3.63) is 0 Å². The molecule has 1 heterocycles. The van der Waals surface area contributed by atoms with Crippen molar-refractivity contribution in [2.24, 2.45) is 11.8 Å². The standard InChI is InChI=1S/C10H18N2O/c1-7(8-2-3-8)12-10(13)9-4-5-11-6-9/h7-9,11H,2-6H2,1H3,(H,12,13)/t7?,9-/m1/s1. The molecule has 3 nitrogen and oxygen atoms in total. The molecule has 3 heteroatoms. The summed E-state index contributed by atoms with van der Waals surface area (Å²) in [5, 5.41) is 6.32. The van der Waals surface area contributed by atoms with Gasteiger partial charge in [-0.1, -0.05) is 0 Å². The van der Waals surface area contributed by atoms with Crippen LogP contribution in [0.4, 0.5) is 0 Å². The molecule has 2 N–H and O–H groups in total. The van der Waals surface area contributed by atoms with Crippen molar-refractivity contribution in [2.75, 3.05) is 13.1 Å². The topological polar surface area (TPSA) is 41.1 Å². The molecule has 0 bridgehead atoms. The van der Waals surface area contributed by atoms with E-state index < -0.39 is 0 Å². The fourth-order valence-corrected chi connectivity index (χ4v) is 1.93. The molecule has 2 atom stereocenters. The van der Waals surface area contributed by atoms with E-state index in [1.165, 1.54) is 12.8 Å². The highest BCUT2D eigenvalue weighted by Crippen LogP contribution is 2.32. The molecule has 1 saturated carbocycles. The molecular weight excluding hydrogens is 164 g/mol. The van der Waals surface area contributed by atoms with Crippen LogP contribution in [0.25, 0.3) is 0 Å². The number of nitrogens with one attached hydrogen (secondary N) is 2. The molecule has 2 fully saturated rings. The van der Waals surface area contributed by atoms with Gasteiger partial charge in [0.25, 0.3) is 0 Å². The van der Waals surface area contributed by atoms with Crippen molar-refractivity contribution >= 4 is 5.91 Å². The van der Waals surface area contributed by atoms with Gasteiger partial charge in [0, 0.05) is 12.6 Å². The van der Waals surface area contributed by atoms with E-state index in [-0.39, 0.29) is 11.8 Å². The van der Waals surface area contributed by atoms with Crippen LogP contribution in [0.3, 0.4) is 0 Å². The quantitative estimate of drug-likeness (QED) is 0.667. The van der Waals surface area contributed by atoms with Gasteiger partial charge in [0.1, 0.15) is 0 Å². The summed E-state index contributed by atoms with van der Waals surface area (Å²) in [5.41, 5.74) is 0. The predicted octanol–water partition coefficient (Wildman–Crippen LogP) is 0.511. The third-order valence-corrected chi connectivity index (χ3v) is 3.13. The van der Waals surface area contributed by atoms with E-state index in [1.54, 1.807) is 0 Å². The Labute approximate surface area is 79.3 Å².